The number of nitrogens with one attached hydrogen (secondary N) is 1. The van der Waals surface area contributed by atoms with Gasteiger partial charge >= 0.3 is 0 Å². The molecule has 0 heterocycles. The van der Waals surface area contributed by atoms with E-state index in [1.54, 1.807) is 0 Å². The van der Waals surface area contributed by atoms with E-state index in [4.69, 9.17) is 4.99 Å². The highest BCUT2D eigenvalue weighted by Gasteiger charge is 2.18. The van der Waals surface area contributed by atoms with Crippen molar-refractivity contribution >= 4 is 17.2 Å². The summed E-state index contributed by atoms with van der Waals surface area (Å²) >= 11 is 0. The lowest BCUT2D eigenvalue weighted by Crippen LogP contribution is -2.17. The van der Waals surface area contributed by atoms with Crippen LogP contribution in [0.15, 0.2) is 71.7 Å². The number of para-hydroxylation sites is 2. The highest BCUT2D eigenvalue weighted by atomic mass is 15.0. The molecule has 0 unspecified atom stereocenters. The molecule has 0 bridgehead atoms. The second kappa shape index (κ2) is 10.8. The number of aliphatic imine (C=N–C) groups is 1. The molecule has 174 valence electrons. The summed E-state index contributed by atoms with van der Waals surface area (Å²) in [6.07, 6.45) is 0. The number of nitrogens with zero attached hydrogens (tertiary/aromatic N) is 1. The predicted molar refractivity (Wildman–Crippen MR) is 146 cm³/mol. The summed E-state index contributed by atoms with van der Waals surface area (Å²) in [4.78, 5) is 5.37. The minimum atomic E-state index is 0.397. The molecule has 0 radical (unpaired) electrons. The molecule has 33 heavy (non-hydrogen) atoms. The van der Waals surface area contributed by atoms with Crippen molar-refractivity contribution in [3.63, 3.8) is 0 Å². The summed E-state index contributed by atoms with van der Waals surface area (Å²) in [5, 5.41) is 3.83. The van der Waals surface area contributed by atoms with Gasteiger partial charge in [-0.15, -0.1) is 0 Å². The highest BCUT2D eigenvalue weighted by Crippen LogP contribution is 2.37. The van der Waals surface area contributed by atoms with Gasteiger partial charge in [0.2, 0.25) is 0 Å². The lowest BCUT2D eigenvalue weighted by atomic mass is 9.92. The van der Waals surface area contributed by atoms with E-state index in [9.17, 15) is 0 Å². The van der Waals surface area contributed by atoms with Crippen molar-refractivity contribution in [2.24, 2.45) is 4.99 Å². The number of hydrogen-bond donors (Lipinski definition) is 1. The Morgan fingerprint density at radius 2 is 0.970 bits per heavy atom. The zero-order valence-electron chi connectivity index (χ0n) is 21.6. The Labute approximate surface area is 201 Å². The topological polar surface area (TPSA) is 24.4 Å². The molecule has 1 N–H and O–H groups in total. The van der Waals surface area contributed by atoms with Gasteiger partial charge in [-0.05, 0) is 45.9 Å². The number of anilines is 1. The van der Waals surface area contributed by atoms with E-state index < -0.39 is 0 Å². The molecule has 0 spiro atoms. The molecular weight excluding hydrogens is 400 g/mol. The quantitative estimate of drug-likeness (QED) is 0.287. The molecule has 0 fully saturated rings. The van der Waals surface area contributed by atoms with Crippen LogP contribution < -0.4 is 5.32 Å². The Bertz CT molecular complexity index is 1040. The van der Waals surface area contributed by atoms with Crippen LogP contribution in [0.2, 0.25) is 0 Å². The smallest absolute Gasteiger partial charge is 0.138 e. The molecule has 0 aliphatic rings. The highest BCUT2D eigenvalue weighted by molar-refractivity contribution is 6.10. The molecule has 0 aliphatic heterocycles. The molecule has 2 nitrogen and oxygen atoms in total. The van der Waals surface area contributed by atoms with Crippen LogP contribution in [-0.2, 0) is 0 Å². The first kappa shape index (κ1) is 24.8. The van der Waals surface area contributed by atoms with Crippen LogP contribution in [0.25, 0.3) is 0 Å². The molecule has 3 aromatic carbocycles. The predicted octanol–water partition coefficient (Wildman–Crippen LogP) is 9.37. The average molecular weight is 441 g/mol. The van der Waals surface area contributed by atoms with Crippen LogP contribution in [0.1, 0.15) is 107 Å². The van der Waals surface area contributed by atoms with Gasteiger partial charge < -0.3 is 5.32 Å². The zero-order chi connectivity index (χ0) is 24.1. The SMILES string of the molecule is CC(C)c1cccc(C(C)C)c1N=C(Nc1c(C(C)C)cccc1C(C)C)c1ccccc1. The Kier molecular flexibility index (Phi) is 8.13. The maximum atomic E-state index is 5.37. The lowest BCUT2D eigenvalue weighted by molar-refractivity contribution is 0.834. The average Bonchev–Trinajstić information content (AvgIpc) is 2.78. The fraction of sp³-hybridized carbons (Fsp3) is 0.387. The Morgan fingerprint density at radius 1 is 0.545 bits per heavy atom. The van der Waals surface area contributed by atoms with Crippen molar-refractivity contribution < 1.29 is 0 Å². The van der Waals surface area contributed by atoms with E-state index in [1.807, 2.05) is 0 Å². The normalized spacial score (nSPS) is 12.3. The largest absolute Gasteiger partial charge is 0.339 e. The standard InChI is InChI=1S/C31H40N2/c1-20(2)25-16-12-17-26(21(3)4)29(25)32-31(24-14-10-9-11-15-24)33-30-27(22(5)6)18-13-19-28(30)23(7)8/h9-23H,1-8H3,(H,32,33). The summed E-state index contributed by atoms with van der Waals surface area (Å²) in [5.41, 5.74) is 8.62. The van der Waals surface area contributed by atoms with Crippen LogP contribution in [-0.4, -0.2) is 5.84 Å². The third-order valence-electron chi connectivity index (χ3n) is 6.23. The van der Waals surface area contributed by atoms with Crippen molar-refractivity contribution in [1.29, 1.82) is 0 Å². The van der Waals surface area contributed by atoms with Gasteiger partial charge in [0, 0.05) is 11.3 Å². The molecule has 0 amide bonds. The van der Waals surface area contributed by atoms with E-state index >= 15 is 0 Å². The second-order valence-electron chi connectivity index (χ2n) is 10.2. The van der Waals surface area contributed by atoms with Gasteiger partial charge in [0.05, 0.1) is 5.69 Å². The number of benzene rings is 3. The summed E-state index contributed by atoms with van der Waals surface area (Å²) in [5.74, 6) is 2.53. The molecule has 0 aliphatic carbocycles. The number of amidine groups is 1. The van der Waals surface area contributed by atoms with Gasteiger partial charge in [0.15, 0.2) is 0 Å². The van der Waals surface area contributed by atoms with Crippen LogP contribution in [0.5, 0.6) is 0 Å². The van der Waals surface area contributed by atoms with E-state index in [-0.39, 0.29) is 0 Å². The minimum Gasteiger partial charge on any atom is -0.339 e. The molecule has 2 heteroatoms. The van der Waals surface area contributed by atoms with Crippen molar-refractivity contribution in [2.75, 3.05) is 5.32 Å². The van der Waals surface area contributed by atoms with Crippen molar-refractivity contribution in [1.82, 2.24) is 0 Å². The van der Waals surface area contributed by atoms with Gasteiger partial charge in [-0.1, -0.05) is 122 Å². The third kappa shape index (κ3) is 5.74. The van der Waals surface area contributed by atoms with Gasteiger partial charge in [0.1, 0.15) is 5.84 Å². The van der Waals surface area contributed by atoms with Gasteiger partial charge in [0.25, 0.3) is 0 Å². The van der Waals surface area contributed by atoms with E-state index in [0.29, 0.717) is 23.7 Å². The molecular formula is C31H40N2. The maximum Gasteiger partial charge on any atom is 0.138 e. The number of hydrogen-bond acceptors (Lipinski definition) is 1. The summed E-state index contributed by atoms with van der Waals surface area (Å²) in [6.45, 7) is 18.0. The third-order valence-corrected chi connectivity index (χ3v) is 6.23. The fourth-order valence-electron chi connectivity index (χ4n) is 4.33. The van der Waals surface area contributed by atoms with E-state index in [2.05, 4.69) is 127 Å². The van der Waals surface area contributed by atoms with E-state index in [0.717, 1.165) is 17.1 Å². The van der Waals surface area contributed by atoms with Crippen LogP contribution in [0.4, 0.5) is 11.4 Å². The van der Waals surface area contributed by atoms with Crippen molar-refractivity contribution in [2.45, 2.75) is 79.1 Å². The van der Waals surface area contributed by atoms with Crippen molar-refractivity contribution in [3.8, 4) is 0 Å². The van der Waals surface area contributed by atoms with Gasteiger partial charge in [-0.3, -0.25) is 0 Å². The summed E-state index contributed by atoms with van der Waals surface area (Å²) < 4.78 is 0. The van der Waals surface area contributed by atoms with Crippen LogP contribution in [0.3, 0.4) is 0 Å². The Morgan fingerprint density at radius 3 is 1.39 bits per heavy atom. The Hall–Kier alpha value is -2.87. The Balaban J connectivity index is 2.28. The minimum absolute atomic E-state index is 0.397. The maximum absolute atomic E-state index is 5.37. The van der Waals surface area contributed by atoms with Crippen LogP contribution in [0, 0.1) is 0 Å². The molecule has 0 saturated heterocycles. The second-order valence-corrected chi connectivity index (χ2v) is 10.2. The van der Waals surface area contributed by atoms with E-state index in [1.165, 1.54) is 27.9 Å². The summed E-state index contributed by atoms with van der Waals surface area (Å²) in [6, 6.07) is 23.8. The monoisotopic (exact) mass is 440 g/mol. The molecule has 0 aromatic heterocycles. The van der Waals surface area contributed by atoms with Crippen molar-refractivity contribution in [3.05, 3.63) is 94.5 Å². The first-order chi connectivity index (χ1) is 15.7. The molecule has 0 atom stereocenters. The molecule has 0 saturated carbocycles. The zero-order valence-corrected chi connectivity index (χ0v) is 21.6. The first-order valence-corrected chi connectivity index (χ1v) is 12.4. The lowest BCUT2D eigenvalue weighted by Gasteiger charge is -2.23. The summed E-state index contributed by atoms with van der Waals surface area (Å²) in [7, 11) is 0. The number of rotatable bonds is 7. The van der Waals surface area contributed by atoms with Gasteiger partial charge in [-0.25, -0.2) is 4.99 Å². The van der Waals surface area contributed by atoms with Crippen LogP contribution >= 0.6 is 0 Å². The fourth-order valence-corrected chi connectivity index (χ4v) is 4.33. The first-order valence-electron chi connectivity index (χ1n) is 12.4. The van der Waals surface area contributed by atoms with Gasteiger partial charge in [-0.2, -0.15) is 0 Å². The molecule has 3 rings (SSSR count). The molecule has 3 aromatic rings.